The fourth-order valence-electron chi connectivity index (χ4n) is 2.99. The van der Waals surface area contributed by atoms with Crippen molar-refractivity contribution in [3.63, 3.8) is 0 Å². The van der Waals surface area contributed by atoms with Crippen molar-refractivity contribution in [2.45, 2.75) is 44.1 Å². The van der Waals surface area contributed by atoms with Crippen molar-refractivity contribution in [1.82, 2.24) is 4.90 Å². The Balaban J connectivity index is 1.86. The maximum atomic E-state index is 12.3. The number of hydrogen-bond acceptors (Lipinski definition) is 3. The molecule has 2 rings (SSSR count). The van der Waals surface area contributed by atoms with Crippen LogP contribution in [0.4, 0.5) is 5.69 Å². The number of nitrogens with one attached hydrogen (secondary N) is 1. The van der Waals surface area contributed by atoms with Gasteiger partial charge in [-0.1, -0.05) is 31.2 Å². The Morgan fingerprint density at radius 1 is 1.33 bits per heavy atom. The molecule has 2 amide bonds. The quantitative estimate of drug-likeness (QED) is 0.814. The molecule has 1 aromatic carbocycles. The zero-order valence-electron chi connectivity index (χ0n) is 14.0. The predicted octanol–water partition coefficient (Wildman–Crippen LogP) is 2.15. The van der Waals surface area contributed by atoms with Crippen LogP contribution in [0.2, 0.25) is 0 Å². The van der Waals surface area contributed by atoms with Gasteiger partial charge in [0, 0.05) is 18.3 Å². The lowest BCUT2D eigenvalue weighted by Gasteiger charge is -2.32. The topological polar surface area (TPSA) is 69.6 Å². The van der Waals surface area contributed by atoms with Crippen molar-refractivity contribution in [3.05, 3.63) is 29.8 Å². The van der Waals surface area contributed by atoms with Gasteiger partial charge in [-0.05, 0) is 31.0 Å². The molecule has 0 aromatic heterocycles. The number of hydrogen-bond donors (Lipinski definition) is 2. The normalized spacial score (nSPS) is 16.0. The number of benzene rings is 1. The van der Waals surface area contributed by atoms with Crippen LogP contribution in [0.25, 0.3) is 0 Å². The molecule has 1 aliphatic carbocycles. The standard InChI is InChI=1S/C19H24N2O3/c1-3-15-8-7-9-16(12-15)20-17(22)14-21(2)18(23)13-19(24)10-5-4-6-11-19/h1,7-9,12,24H,4-6,10-11,13-14H2,2H3,(H,20,22). The van der Waals surface area contributed by atoms with Crippen LogP contribution in [0.15, 0.2) is 24.3 Å². The minimum absolute atomic E-state index is 0.0603. The molecule has 0 atom stereocenters. The van der Waals surface area contributed by atoms with Gasteiger partial charge in [0.2, 0.25) is 11.8 Å². The summed E-state index contributed by atoms with van der Waals surface area (Å²) < 4.78 is 0. The van der Waals surface area contributed by atoms with E-state index in [0.717, 1.165) is 19.3 Å². The first-order valence-electron chi connectivity index (χ1n) is 8.25. The fourth-order valence-corrected chi connectivity index (χ4v) is 2.99. The molecule has 24 heavy (non-hydrogen) atoms. The predicted molar refractivity (Wildman–Crippen MR) is 93.3 cm³/mol. The molecule has 1 aromatic rings. The van der Waals surface area contributed by atoms with Gasteiger partial charge in [0.25, 0.3) is 0 Å². The summed E-state index contributed by atoms with van der Waals surface area (Å²) in [7, 11) is 1.58. The molecule has 0 radical (unpaired) electrons. The average molecular weight is 328 g/mol. The van der Waals surface area contributed by atoms with Crippen LogP contribution in [0.1, 0.15) is 44.1 Å². The van der Waals surface area contributed by atoms with Crippen LogP contribution in [0.5, 0.6) is 0 Å². The lowest BCUT2D eigenvalue weighted by molar-refractivity contribution is -0.139. The van der Waals surface area contributed by atoms with E-state index in [1.807, 2.05) is 0 Å². The second-order valence-corrected chi connectivity index (χ2v) is 6.48. The third-order valence-corrected chi connectivity index (χ3v) is 4.38. The van der Waals surface area contributed by atoms with E-state index in [1.165, 1.54) is 4.90 Å². The van der Waals surface area contributed by atoms with Gasteiger partial charge < -0.3 is 15.3 Å². The summed E-state index contributed by atoms with van der Waals surface area (Å²) in [5.74, 6) is 1.99. The third kappa shape index (κ3) is 5.10. The van der Waals surface area contributed by atoms with Crippen molar-refractivity contribution >= 4 is 17.5 Å². The molecule has 0 heterocycles. The van der Waals surface area contributed by atoms with Crippen molar-refractivity contribution in [3.8, 4) is 12.3 Å². The second-order valence-electron chi connectivity index (χ2n) is 6.48. The second kappa shape index (κ2) is 7.98. The molecule has 0 saturated heterocycles. The summed E-state index contributed by atoms with van der Waals surface area (Å²) in [6, 6.07) is 6.98. The zero-order valence-corrected chi connectivity index (χ0v) is 14.0. The van der Waals surface area contributed by atoms with Crippen LogP contribution in [0.3, 0.4) is 0 Å². The fraction of sp³-hybridized carbons (Fsp3) is 0.474. The summed E-state index contributed by atoms with van der Waals surface area (Å²) in [6.45, 7) is -0.0603. The Bertz CT molecular complexity index is 642. The Labute approximate surface area is 143 Å². The van der Waals surface area contributed by atoms with E-state index in [-0.39, 0.29) is 24.8 Å². The number of anilines is 1. The lowest BCUT2D eigenvalue weighted by atomic mass is 9.82. The molecular formula is C19H24N2O3. The van der Waals surface area contributed by atoms with Crippen LogP contribution < -0.4 is 5.32 Å². The molecule has 1 aliphatic rings. The maximum absolute atomic E-state index is 12.3. The number of amides is 2. The zero-order chi connectivity index (χ0) is 17.6. The van der Waals surface area contributed by atoms with Crippen molar-refractivity contribution in [1.29, 1.82) is 0 Å². The summed E-state index contributed by atoms with van der Waals surface area (Å²) in [4.78, 5) is 25.7. The van der Waals surface area contributed by atoms with Gasteiger partial charge in [-0.2, -0.15) is 0 Å². The third-order valence-electron chi connectivity index (χ3n) is 4.38. The Hall–Kier alpha value is -2.32. The summed E-state index contributed by atoms with van der Waals surface area (Å²) in [5, 5.41) is 13.2. The van der Waals surface area contributed by atoms with E-state index < -0.39 is 5.60 Å². The van der Waals surface area contributed by atoms with E-state index in [1.54, 1.807) is 31.3 Å². The first-order chi connectivity index (χ1) is 11.4. The molecule has 1 fully saturated rings. The molecule has 1 saturated carbocycles. The van der Waals surface area contributed by atoms with Gasteiger partial charge in [-0.25, -0.2) is 0 Å². The average Bonchev–Trinajstić information content (AvgIpc) is 2.55. The first-order valence-corrected chi connectivity index (χ1v) is 8.25. The molecule has 0 aliphatic heterocycles. The molecular weight excluding hydrogens is 304 g/mol. The SMILES string of the molecule is C#Cc1cccc(NC(=O)CN(C)C(=O)CC2(O)CCCCC2)c1. The number of rotatable bonds is 5. The number of nitrogens with zero attached hydrogens (tertiary/aromatic N) is 1. The highest BCUT2D eigenvalue weighted by Crippen LogP contribution is 2.31. The molecule has 2 N–H and O–H groups in total. The van der Waals surface area contributed by atoms with Gasteiger partial charge >= 0.3 is 0 Å². The maximum Gasteiger partial charge on any atom is 0.243 e. The summed E-state index contributed by atoms with van der Waals surface area (Å²) in [6.07, 6.45) is 9.70. The Morgan fingerprint density at radius 3 is 2.71 bits per heavy atom. The molecule has 5 heteroatoms. The van der Waals surface area contributed by atoms with E-state index in [2.05, 4.69) is 11.2 Å². The van der Waals surface area contributed by atoms with Gasteiger partial charge in [0.1, 0.15) is 0 Å². The number of terminal acetylenes is 1. The van der Waals surface area contributed by atoms with Gasteiger partial charge in [-0.15, -0.1) is 6.42 Å². The van der Waals surface area contributed by atoms with E-state index >= 15 is 0 Å². The largest absolute Gasteiger partial charge is 0.389 e. The van der Waals surface area contributed by atoms with Gasteiger partial charge in [0.05, 0.1) is 18.6 Å². The molecule has 128 valence electrons. The molecule has 5 nitrogen and oxygen atoms in total. The minimum atomic E-state index is -0.915. The lowest BCUT2D eigenvalue weighted by Crippen LogP contribution is -2.41. The number of likely N-dealkylation sites (N-methyl/N-ethyl adjacent to an activating group) is 1. The molecule has 0 bridgehead atoms. The first kappa shape index (κ1) is 18.0. The van der Waals surface area contributed by atoms with E-state index in [0.29, 0.717) is 24.1 Å². The smallest absolute Gasteiger partial charge is 0.243 e. The van der Waals surface area contributed by atoms with Crippen LogP contribution >= 0.6 is 0 Å². The number of carbonyl (C=O) groups excluding carboxylic acids is 2. The molecule has 0 unspecified atom stereocenters. The highest BCUT2D eigenvalue weighted by atomic mass is 16.3. The van der Waals surface area contributed by atoms with Crippen molar-refractivity contribution in [2.24, 2.45) is 0 Å². The molecule has 0 spiro atoms. The van der Waals surface area contributed by atoms with Crippen LogP contribution in [0, 0.1) is 12.3 Å². The van der Waals surface area contributed by atoms with Crippen LogP contribution in [-0.4, -0.2) is 41.0 Å². The van der Waals surface area contributed by atoms with Crippen LogP contribution in [-0.2, 0) is 9.59 Å². The minimum Gasteiger partial charge on any atom is -0.389 e. The summed E-state index contributed by atoms with van der Waals surface area (Å²) in [5.41, 5.74) is 0.361. The van der Waals surface area contributed by atoms with Crippen molar-refractivity contribution < 1.29 is 14.7 Å². The Morgan fingerprint density at radius 2 is 2.04 bits per heavy atom. The summed E-state index contributed by atoms with van der Waals surface area (Å²) >= 11 is 0. The van der Waals surface area contributed by atoms with Gasteiger partial charge in [-0.3, -0.25) is 9.59 Å². The van der Waals surface area contributed by atoms with E-state index in [4.69, 9.17) is 6.42 Å². The van der Waals surface area contributed by atoms with Crippen molar-refractivity contribution in [2.75, 3.05) is 18.9 Å². The number of aliphatic hydroxyl groups is 1. The number of carbonyl (C=O) groups is 2. The highest BCUT2D eigenvalue weighted by Gasteiger charge is 2.32. The monoisotopic (exact) mass is 328 g/mol. The van der Waals surface area contributed by atoms with Gasteiger partial charge in [0.15, 0.2) is 0 Å². The Kier molecular flexibility index (Phi) is 5.99. The van der Waals surface area contributed by atoms with E-state index in [9.17, 15) is 14.7 Å². The highest BCUT2D eigenvalue weighted by molar-refractivity contribution is 5.94.